The van der Waals surface area contributed by atoms with Crippen LogP contribution in [0.25, 0.3) is 0 Å². The molecule has 2 aliphatic heterocycles. The predicted molar refractivity (Wildman–Crippen MR) is 103 cm³/mol. The van der Waals surface area contributed by atoms with Crippen LogP contribution in [0.3, 0.4) is 0 Å². The van der Waals surface area contributed by atoms with E-state index in [9.17, 15) is 0 Å². The largest absolute Gasteiger partial charge is 0.352 e. The highest BCUT2D eigenvalue weighted by molar-refractivity contribution is 4.86. The number of rotatable bonds is 7. The summed E-state index contributed by atoms with van der Waals surface area (Å²) >= 11 is 0. The number of ether oxygens (including phenoxy) is 4. The molecule has 150 valence electrons. The highest BCUT2D eigenvalue weighted by Gasteiger charge is 2.32. The topological polar surface area (TPSA) is 36.9 Å². The summed E-state index contributed by atoms with van der Waals surface area (Å²) in [6.45, 7) is 7.54. The van der Waals surface area contributed by atoms with E-state index in [2.05, 4.69) is 19.1 Å². The zero-order valence-corrected chi connectivity index (χ0v) is 16.7. The number of hydrogen-bond donors (Lipinski definition) is 0. The molecule has 1 saturated carbocycles. The summed E-state index contributed by atoms with van der Waals surface area (Å²) in [7, 11) is 0. The van der Waals surface area contributed by atoms with Crippen LogP contribution in [0.15, 0.2) is 12.2 Å². The number of allylic oxidation sites excluding steroid dienone is 1. The second-order valence-electron chi connectivity index (χ2n) is 8.43. The van der Waals surface area contributed by atoms with Crippen molar-refractivity contribution in [3.63, 3.8) is 0 Å². The molecule has 3 fully saturated rings. The zero-order valence-electron chi connectivity index (χ0n) is 16.7. The van der Waals surface area contributed by atoms with E-state index in [1.54, 1.807) is 0 Å². The van der Waals surface area contributed by atoms with Gasteiger partial charge in [-0.25, -0.2) is 0 Å². The molecule has 26 heavy (non-hydrogen) atoms. The van der Waals surface area contributed by atoms with E-state index in [0.717, 1.165) is 45.2 Å². The van der Waals surface area contributed by atoms with Crippen molar-refractivity contribution in [2.24, 2.45) is 23.7 Å². The van der Waals surface area contributed by atoms with Crippen molar-refractivity contribution in [1.82, 2.24) is 0 Å². The van der Waals surface area contributed by atoms with Crippen molar-refractivity contribution < 1.29 is 18.9 Å². The molecule has 0 aromatic rings. The Hall–Kier alpha value is -0.420. The molecule has 0 spiro atoms. The van der Waals surface area contributed by atoms with Gasteiger partial charge in [-0.1, -0.05) is 31.9 Å². The molecular formula is C22H38O4. The van der Waals surface area contributed by atoms with Crippen LogP contribution in [-0.4, -0.2) is 39.0 Å². The predicted octanol–water partition coefficient (Wildman–Crippen LogP) is 4.93. The lowest BCUT2D eigenvalue weighted by Gasteiger charge is -2.38. The molecule has 4 nitrogen and oxygen atoms in total. The molecule has 0 aromatic carbocycles. The van der Waals surface area contributed by atoms with Crippen LogP contribution < -0.4 is 0 Å². The summed E-state index contributed by atoms with van der Waals surface area (Å²) < 4.78 is 23.9. The lowest BCUT2D eigenvalue weighted by Crippen LogP contribution is -2.39. The standard InChI is InChI=1S/C22H38O4/c1-3-5-17-7-10-20(11-8-17)22-25-15-19(16-26-22)9-12-21-23-13-18(6-4-2)14-24-21/h4,6,17-22H,3,5,7-16H2,1-2H3/t17-,18-,19-,20-,21-,22-. The van der Waals surface area contributed by atoms with Gasteiger partial charge in [0, 0.05) is 17.8 Å². The summed E-state index contributed by atoms with van der Waals surface area (Å²) in [6, 6.07) is 0. The Morgan fingerprint density at radius 2 is 1.46 bits per heavy atom. The normalized spacial score (nSPS) is 39.3. The van der Waals surface area contributed by atoms with Crippen molar-refractivity contribution in [2.45, 2.75) is 77.8 Å². The molecule has 0 aromatic heterocycles. The van der Waals surface area contributed by atoms with Crippen LogP contribution in [0, 0.1) is 23.7 Å². The molecular weight excluding hydrogens is 328 g/mol. The smallest absolute Gasteiger partial charge is 0.160 e. The van der Waals surface area contributed by atoms with Crippen LogP contribution in [0.2, 0.25) is 0 Å². The minimum Gasteiger partial charge on any atom is -0.352 e. The van der Waals surface area contributed by atoms with Crippen molar-refractivity contribution in [2.75, 3.05) is 26.4 Å². The van der Waals surface area contributed by atoms with E-state index >= 15 is 0 Å². The van der Waals surface area contributed by atoms with Crippen molar-refractivity contribution in [1.29, 1.82) is 0 Å². The molecule has 3 aliphatic rings. The molecule has 0 N–H and O–H groups in total. The van der Waals surface area contributed by atoms with Crippen molar-refractivity contribution >= 4 is 0 Å². The third-order valence-electron chi connectivity index (χ3n) is 6.23. The van der Waals surface area contributed by atoms with Crippen LogP contribution in [0.5, 0.6) is 0 Å². The Bertz CT molecular complexity index is 400. The van der Waals surface area contributed by atoms with E-state index in [1.165, 1.54) is 38.5 Å². The van der Waals surface area contributed by atoms with Crippen molar-refractivity contribution in [3.8, 4) is 0 Å². The van der Waals surface area contributed by atoms with Crippen LogP contribution in [-0.2, 0) is 18.9 Å². The molecule has 3 rings (SSSR count). The first kappa shape index (κ1) is 20.3. The van der Waals surface area contributed by atoms with Gasteiger partial charge in [0.15, 0.2) is 12.6 Å². The summed E-state index contributed by atoms with van der Waals surface area (Å²) in [5, 5.41) is 0. The minimum atomic E-state index is -0.0527. The SMILES string of the molecule is CC=C[C@H]1CO[C@H](CC[C@H]2CO[C@H]([C@H]3CC[C@H](CCC)CC3)OC2)OC1. The lowest BCUT2D eigenvalue weighted by atomic mass is 9.79. The van der Waals surface area contributed by atoms with Crippen LogP contribution >= 0.6 is 0 Å². The first-order valence-electron chi connectivity index (χ1n) is 10.9. The van der Waals surface area contributed by atoms with E-state index in [1.807, 2.05) is 6.92 Å². The Morgan fingerprint density at radius 1 is 0.769 bits per heavy atom. The molecule has 2 saturated heterocycles. The number of hydrogen-bond acceptors (Lipinski definition) is 4. The van der Waals surface area contributed by atoms with E-state index < -0.39 is 0 Å². The Labute approximate surface area is 159 Å². The van der Waals surface area contributed by atoms with Gasteiger partial charge < -0.3 is 18.9 Å². The van der Waals surface area contributed by atoms with E-state index in [0.29, 0.717) is 17.8 Å². The highest BCUT2D eigenvalue weighted by atomic mass is 16.7. The van der Waals surface area contributed by atoms with E-state index in [4.69, 9.17) is 18.9 Å². The molecule has 2 heterocycles. The second kappa shape index (κ2) is 10.8. The minimum absolute atomic E-state index is 0.0394. The third kappa shape index (κ3) is 6.05. The Balaban J connectivity index is 1.29. The first-order chi connectivity index (χ1) is 12.8. The van der Waals surface area contributed by atoms with Gasteiger partial charge in [0.25, 0.3) is 0 Å². The fourth-order valence-corrected chi connectivity index (χ4v) is 4.63. The monoisotopic (exact) mass is 366 g/mol. The fraction of sp³-hybridized carbons (Fsp3) is 0.909. The molecule has 4 heteroatoms. The Morgan fingerprint density at radius 3 is 2.08 bits per heavy atom. The maximum Gasteiger partial charge on any atom is 0.160 e. The van der Waals surface area contributed by atoms with Crippen LogP contribution in [0.4, 0.5) is 0 Å². The fourth-order valence-electron chi connectivity index (χ4n) is 4.63. The van der Waals surface area contributed by atoms with Gasteiger partial charge in [-0.2, -0.15) is 0 Å². The van der Waals surface area contributed by atoms with Gasteiger partial charge in [0.1, 0.15) is 0 Å². The maximum atomic E-state index is 6.10. The summed E-state index contributed by atoms with van der Waals surface area (Å²) in [5.41, 5.74) is 0. The van der Waals surface area contributed by atoms with Crippen LogP contribution in [0.1, 0.15) is 65.2 Å². The highest BCUT2D eigenvalue weighted by Crippen LogP contribution is 2.36. The van der Waals surface area contributed by atoms with Gasteiger partial charge >= 0.3 is 0 Å². The lowest BCUT2D eigenvalue weighted by molar-refractivity contribution is -0.235. The van der Waals surface area contributed by atoms with Gasteiger partial charge in [-0.15, -0.1) is 0 Å². The van der Waals surface area contributed by atoms with Gasteiger partial charge in [-0.3, -0.25) is 0 Å². The second-order valence-corrected chi connectivity index (χ2v) is 8.43. The summed E-state index contributed by atoms with van der Waals surface area (Å²) in [4.78, 5) is 0. The molecule has 1 aliphatic carbocycles. The summed E-state index contributed by atoms with van der Waals surface area (Å²) in [5.74, 6) is 2.43. The molecule has 0 amide bonds. The van der Waals surface area contributed by atoms with Gasteiger partial charge in [-0.05, 0) is 51.4 Å². The molecule has 0 unspecified atom stereocenters. The zero-order chi connectivity index (χ0) is 18.2. The third-order valence-corrected chi connectivity index (χ3v) is 6.23. The molecule has 0 atom stereocenters. The quantitative estimate of drug-likeness (QED) is 0.599. The van der Waals surface area contributed by atoms with Gasteiger partial charge in [0.2, 0.25) is 0 Å². The molecule has 0 radical (unpaired) electrons. The van der Waals surface area contributed by atoms with Crippen molar-refractivity contribution in [3.05, 3.63) is 12.2 Å². The first-order valence-corrected chi connectivity index (χ1v) is 10.9. The maximum absolute atomic E-state index is 6.10. The van der Waals surface area contributed by atoms with Gasteiger partial charge in [0.05, 0.1) is 26.4 Å². The molecule has 0 bridgehead atoms. The Kier molecular flexibility index (Phi) is 8.44. The average Bonchev–Trinajstić information content (AvgIpc) is 2.69. The summed E-state index contributed by atoms with van der Waals surface area (Å²) in [6.07, 6.45) is 14.2. The van der Waals surface area contributed by atoms with E-state index in [-0.39, 0.29) is 12.6 Å². The average molecular weight is 367 g/mol.